The highest BCUT2D eigenvalue weighted by molar-refractivity contribution is 6.33. The van der Waals surface area contributed by atoms with Crippen molar-refractivity contribution in [3.8, 4) is 5.75 Å². The summed E-state index contributed by atoms with van der Waals surface area (Å²) >= 11 is 6.35. The number of carbonyl (C=O) groups excluding carboxylic acids is 2. The Hall–Kier alpha value is -3.89. The quantitative estimate of drug-likeness (QED) is 0.409. The number of nitrogens with zero attached hydrogens (tertiary/aromatic N) is 4. The molecule has 0 aliphatic carbocycles. The molecular formula is C26H30ClN7O3. The SMILES string of the molecule is CCNC(=O)c1ccccc1Nc1nc(Nc2ccc(C(=O)N3CCN(C)CC3)cc2OC)ncc1Cl. The molecule has 11 heteroatoms. The first-order valence-electron chi connectivity index (χ1n) is 12.0. The number of carbonyl (C=O) groups is 2. The number of aromatic nitrogens is 2. The van der Waals surface area contributed by atoms with E-state index in [-0.39, 0.29) is 22.8 Å². The lowest BCUT2D eigenvalue weighted by atomic mass is 10.1. The molecule has 2 heterocycles. The summed E-state index contributed by atoms with van der Waals surface area (Å²) in [4.78, 5) is 38.2. The number of nitrogens with one attached hydrogen (secondary N) is 3. The maximum absolute atomic E-state index is 13.0. The number of benzene rings is 2. The van der Waals surface area contributed by atoms with Crippen LogP contribution in [0.5, 0.6) is 5.75 Å². The topological polar surface area (TPSA) is 112 Å². The van der Waals surface area contributed by atoms with Crippen LogP contribution in [0.1, 0.15) is 27.6 Å². The van der Waals surface area contributed by atoms with Crippen molar-refractivity contribution in [3.05, 3.63) is 64.8 Å². The fraction of sp³-hybridized carbons (Fsp3) is 0.308. The lowest BCUT2D eigenvalue weighted by Crippen LogP contribution is -2.47. The van der Waals surface area contributed by atoms with E-state index in [9.17, 15) is 9.59 Å². The van der Waals surface area contributed by atoms with Crippen molar-refractivity contribution in [3.63, 3.8) is 0 Å². The van der Waals surface area contributed by atoms with Gasteiger partial charge in [-0.2, -0.15) is 4.98 Å². The molecule has 194 valence electrons. The molecule has 1 aliphatic heterocycles. The van der Waals surface area contributed by atoms with Crippen LogP contribution in [-0.4, -0.2) is 78.5 Å². The van der Waals surface area contributed by atoms with Crippen molar-refractivity contribution >= 4 is 46.6 Å². The molecule has 1 fully saturated rings. The number of anilines is 4. The van der Waals surface area contributed by atoms with E-state index in [0.29, 0.717) is 53.7 Å². The summed E-state index contributed by atoms with van der Waals surface area (Å²) in [6, 6.07) is 12.3. The fourth-order valence-corrected chi connectivity index (χ4v) is 4.07. The van der Waals surface area contributed by atoms with Crippen LogP contribution in [0.15, 0.2) is 48.7 Å². The van der Waals surface area contributed by atoms with Crippen molar-refractivity contribution in [1.29, 1.82) is 0 Å². The first-order chi connectivity index (χ1) is 17.9. The predicted octanol–water partition coefficient (Wildman–Crippen LogP) is 3.76. The Kier molecular flexibility index (Phi) is 8.42. The van der Waals surface area contributed by atoms with Crippen molar-refractivity contribution in [2.45, 2.75) is 6.92 Å². The number of halogens is 1. The summed E-state index contributed by atoms with van der Waals surface area (Å²) in [5, 5.41) is 9.34. The number of ether oxygens (including phenoxy) is 1. The Morgan fingerprint density at radius 1 is 1.05 bits per heavy atom. The number of hydrogen-bond acceptors (Lipinski definition) is 8. The zero-order valence-electron chi connectivity index (χ0n) is 21.0. The Morgan fingerprint density at radius 2 is 1.81 bits per heavy atom. The molecular weight excluding hydrogens is 494 g/mol. The fourth-order valence-electron chi connectivity index (χ4n) is 3.93. The Labute approximate surface area is 221 Å². The average molecular weight is 524 g/mol. The van der Waals surface area contributed by atoms with E-state index in [1.54, 1.807) is 43.5 Å². The minimum Gasteiger partial charge on any atom is -0.495 e. The van der Waals surface area contributed by atoms with Gasteiger partial charge in [0, 0.05) is 38.3 Å². The molecule has 0 saturated carbocycles. The Balaban J connectivity index is 1.53. The van der Waals surface area contributed by atoms with Gasteiger partial charge in [0.1, 0.15) is 10.8 Å². The smallest absolute Gasteiger partial charge is 0.254 e. The minimum atomic E-state index is -0.204. The number of methoxy groups -OCH3 is 1. The van der Waals surface area contributed by atoms with Gasteiger partial charge in [-0.3, -0.25) is 9.59 Å². The van der Waals surface area contributed by atoms with Gasteiger partial charge < -0.3 is 30.5 Å². The Morgan fingerprint density at radius 3 is 2.54 bits per heavy atom. The van der Waals surface area contributed by atoms with Gasteiger partial charge in [0.25, 0.3) is 11.8 Å². The summed E-state index contributed by atoms with van der Waals surface area (Å²) in [6.07, 6.45) is 1.46. The summed E-state index contributed by atoms with van der Waals surface area (Å²) < 4.78 is 5.54. The van der Waals surface area contributed by atoms with Gasteiger partial charge in [0.15, 0.2) is 5.82 Å². The van der Waals surface area contributed by atoms with Crippen molar-refractivity contribution in [2.75, 3.05) is 57.5 Å². The summed E-state index contributed by atoms with van der Waals surface area (Å²) in [5.74, 6) is 0.841. The van der Waals surface area contributed by atoms with Crippen LogP contribution >= 0.6 is 11.6 Å². The summed E-state index contributed by atoms with van der Waals surface area (Å²) in [6.45, 7) is 5.44. The lowest BCUT2D eigenvalue weighted by Gasteiger charge is -2.32. The predicted molar refractivity (Wildman–Crippen MR) is 144 cm³/mol. The van der Waals surface area contributed by atoms with E-state index in [2.05, 4.69) is 30.8 Å². The average Bonchev–Trinajstić information content (AvgIpc) is 2.91. The number of hydrogen-bond donors (Lipinski definition) is 3. The second kappa shape index (κ2) is 11.9. The maximum atomic E-state index is 13.0. The van der Waals surface area contributed by atoms with Crippen molar-refractivity contribution in [2.24, 2.45) is 0 Å². The first-order valence-corrected chi connectivity index (χ1v) is 12.4. The zero-order chi connectivity index (χ0) is 26.4. The molecule has 2 aromatic carbocycles. The lowest BCUT2D eigenvalue weighted by molar-refractivity contribution is 0.0663. The second-order valence-electron chi connectivity index (χ2n) is 8.56. The van der Waals surface area contributed by atoms with Gasteiger partial charge in [-0.15, -0.1) is 0 Å². The van der Waals surface area contributed by atoms with Crippen LogP contribution in [0.25, 0.3) is 0 Å². The number of piperazine rings is 1. The Bertz CT molecular complexity index is 1280. The number of para-hydroxylation sites is 1. The molecule has 1 saturated heterocycles. The summed E-state index contributed by atoms with van der Waals surface area (Å²) in [5.41, 5.74) is 2.17. The van der Waals surface area contributed by atoms with Gasteiger partial charge in [-0.1, -0.05) is 23.7 Å². The van der Waals surface area contributed by atoms with Gasteiger partial charge in [0.05, 0.1) is 30.2 Å². The molecule has 0 bridgehead atoms. The highest BCUT2D eigenvalue weighted by Crippen LogP contribution is 2.31. The molecule has 1 aliphatic rings. The molecule has 0 atom stereocenters. The van der Waals surface area contributed by atoms with E-state index in [1.165, 1.54) is 6.20 Å². The highest BCUT2D eigenvalue weighted by atomic mass is 35.5. The van der Waals surface area contributed by atoms with Crippen LogP contribution in [-0.2, 0) is 0 Å². The largest absolute Gasteiger partial charge is 0.495 e. The first kappa shape index (κ1) is 26.2. The third-order valence-electron chi connectivity index (χ3n) is 5.99. The number of rotatable bonds is 8. The molecule has 4 rings (SSSR count). The molecule has 10 nitrogen and oxygen atoms in total. The second-order valence-corrected chi connectivity index (χ2v) is 8.96. The van der Waals surface area contributed by atoms with E-state index < -0.39 is 0 Å². The number of amides is 2. The molecule has 0 radical (unpaired) electrons. The van der Waals surface area contributed by atoms with Crippen molar-refractivity contribution < 1.29 is 14.3 Å². The van der Waals surface area contributed by atoms with E-state index in [1.807, 2.05) is 24.9 Å². The van der Waals surface area contributed by atoms with Crippen LogP contribution in [0.2, 0.25) is 5.02 Å². The molecule has 2 amide bonds. The molecule has 1 aromatic heterocycles. The van der Waals surface area contributed by atoms with E-state index >= 15 is 0 Å². The molecule has 0 spiro atoms. The van der Waals surface area contributed by atoms with Gasteiger partial charge in [-0.25, -0.2) is 4.98 Å². The third kappa shape index (κ3) is 6.28. The van der Waals surface area contributed by atoms with E-state index in [4.69, 9.17) is 16.3 Å². The minimum absolute atomic E-state index is 0.0297. The number of likely N-dealkylation sites (N-methyl/N-ethyl adjacent to an activating group) is 1. The van der Waals surface area contributed by atoms with Crippen LogP contribution in [0, 0.1) is 0 Å². The van der Waals surface area contributed by atoms with Crippen LogP contribution in [0.3, 0.4) is 0 Å². The van der Waals surface area contributed by atoms with Gasteiger partial charge >= 0.3 is 0 Å². The molecule has 3 N–H and O–H groups in total. The van der Waals surface area contributed by atoms with E-state index in [0.717, 1.165) is 13.1 Å². The molecule has 0 unspecified atom stereocenters. The standard InChI is InChI=1S/C26H30ClN7O3/c1-4-28-24(35)18-7-5-6-8-20(18)30-23-19(27)16-29-26(32-23)31-21-10-9-17(15-22(21)37-3)25(36)34-13-11-33(2)12-14-34/h5-10,15-16H,4,11-14H2,1-3H3,(H,28,35)(H2,29,30,31,32). The normalized spacial score (nSPS) is 13.7. The van der Waals surface area contributed by atoms with Crippen LogP contribution in [0.4, 0.5) is 23.1 Å². The maximum Gasteiger partial charge on any atom is 0.254 e. The van der Waals surface area contributed by atoms with Crippen molar-refractivity contribution in [1.82, 2.24) is 25.1 Å². The molecule has 3 aromatic rings. The van der Waals surface area contributed by atoms with Crippen LogP contribution < -0.4 is 20.7 Å². The highest BCUT2D eigenvalue weighted by Gasteiger charge is 2.21. The van der Waals surface area contributed by atoms with Gasteiger partial charge in [-0.05, 0) is 44.3 Å². The molecule has 37 heavy (non-hydrogen) atoms. The zero-order valence-corrected chi connectivity index (χ0v) is 21.8. The summed E-state index contributed by atoms with van der Waals surface area (Å²) in [7, 11) is 3.59. The third-order valence-corrected chi connectivity index (χ3v) is 6.27. The monoisotopic (exact) mass is 523 g/mol. The van der Waals surface area contributed by atoms with Gasteiger partial charge in [0.2, 0.25) is 5.95 Å².